The van der Waals surface area contributed by atoms with Crippen LogP contribution < -0.4 is 10.6 Å². The Labute approximate surface area is 133 Å². The first-order valence-corrected chi connectivity index (χ1v) is 8.27. The van der Waals surface area contributed by atoms with Crippen LogP contribution in [0.25, 0.3) is 0 Å². The smallest absolute Gasteiger partial charge is 0.229 e. The molecule has 1 aromatic carbocycles. The average Bonchev–Trinajstić information content (AvgIpc) is 3.14. The van der Waals surface area contributed by atoms with Gasteiger partial charge in [-0.05, 0) is 42.0 Å². The highest BCUT2D eigenvalue weighted by Gasteiger charge is 2.22. The van der Waals surface area contributed by atoms with Crippen molar-refractivity contribution in [2.24, 2.45) is 0 Å². The van der Waals surface area contributed by atoms with Crippen molar-refractivity contribution in [3.05, 3.63) is 52.2 Å². The second kappa shape index (κ2) is 6.75. The van der Waals surface area contributed by atoms with Crippen LogP contribution in [0.3, 0.4) is 0 Å². The molecule has 0 atom stereocenters. The van der Waals surface area contributed by atoms with Crippen LogP contribution >= 0.6 is 11.3 Å². The Morgan fingerprint density at radius 3 is 2.45 bits per heavy atom. The van der Waals surface area contributed by atoms with Crippen LogP contribution in [0.2, 0.25) is 0 Å². The van der Waals surface area contributed by atoms with Gasteiger partial charge in [-0.15, -0.1) is 11.3 Å². The predicted molar refractivity (Wildman–Crippen MR) is 88.0 cm³/mol. The highest BCUT2D eigenvalue weighted by Crippen LogP contribution is 2.19. The number of benzene rings is 1. The summed E-state index contributed by atoms with van der Waals surface area (Å²) in [6, 6.07) is 11.7. The summed E-state index contributed by atoms with van der Waals surface area (Å²) >= 11 is 1.58. The number of thiophene rings is 1. The molecular weight excluding hydrogens is 296 g/mol. The summed E-state index contributed by atoms with van der Waals surface area (Å²) in [6.45, 7) is 0. The first kappa shape index (κ1) is 14.8. The topological polar surface area (TPSA) is 58.2 Å². The van der Waals surface area contributed by atoms with Crippen molar-refractivity contribution in [3.63, 3.8) is 0 Å². The summed E-state index contributed by atoms with van der Waals surface area (Å²) in [7, 11) is 0. The molecule has 1 aliphatic carbocycles. The lowest BCUT2D eigenvalue weighted by atomic mass is 10.1. The summed E-state index contributed by atoms with van der Waals surface area (Å²) in [5.41, 5.74) is 1.71. The van der Waals surface area contributed by atoms with E-state index in [-0.39, 0.29) is 11.8 Å². The number of amides is 2. The fourth-order valence-corrected chi connectivity index (χ4v) is 2.88. The van der Waals surface area contributed by atoms with Crippen LogP contribution in [-0.2, 0) is 22.4 Å². The first-order valence-electron chi connectivity index (χ1n) is 7.39. The van der Waals surface area contributed by atoms with Crippen molar-refractivity contribution < 1.29 is 9.59 Å². The van der Waals surface area contributed by atoms with Crippen LogP contribution in [0.1, 0.15) is 23.3 Å². The SMILES string of the molecule is O=C(Cc1cccs1)Nc1ccc(CC(=O)NC2CC2)cc1. The summed E-state index contributed by atoms with van der Waals surface area (Å²) in [6.07, 6.45) is 2.98. The Morgan fingerprint density at radius 2 is 1.82 bits per heavy atom. The van der Waals surface area contributed by atoms with Crippen LogP contribution in [0.15, 0.2) is 41.8 Å². The van der Waals surface area contributed by atoms with Crippen LogP contribution in [-0.4, -0.2) is 17.9 Å². The molecular formula is C17H18N2O2S. The van der Waals surface area contributed by atoms with Crippen LogP contribution in [0.4, 0.5) is 5.69 Å². The van der Waals surface area contributed by atoms with Gasteiger partial charge in [-0.1, -0.05) is 18.2 Å². The summed E-state index contributed by atoms with van der Waals surface area (Å²) < 4.78 is 0. The van der Waals surface area contributed by atoms with Crippen molar-refractivity contribution in [2.75, 3.05) is 5.32 Å². The highest BCUT2D eigenvalue weighted by molar-refractivity contribution is 7.10. The summed E-state index contributed by atoms with van der Waals surface area (Å²) in [5.74, 6) is 0.0404. The van der Waals surface area contributed by atoms with Gasteiger partial charge in [-0.25, -0.2) is 0 Å². The minimum absolute atomic E-state index is 0.0262. The number of carbonyl (C=O) groups is 2. The predicted octanol–water partition coefficient (Wildman–Crippen LogP) is 2.75. The highest BCUT2D eigenvalue weighted by atomic mass is 32.1. The normalized spacial score (nSPS) is 13.6. The van der Waals surface area contributed by atoms with Gasteiger partial charge in [-0.2, -0.15) is 0 Å². The second-order valence-electron chi connectivity index (χ2n) is 5.52. The zero-order chi connectivity index (χ0) is 15.4. The van der Waals surface area contributed by atoms with E-state index in [0.29, 0.717) is 18.9 Å². The van der Waals surface area contributed by atoms with Gasteiger partial charge in [0.15, 0.2) is 0 Å². The molecule has 0 unspecified atom stereocenters. The van der Waals surface area contributed by atoms with Crippen molar-refractivity contribution in [3.8, 4) is 0 Å². The lowest BCUT2D eigenvalue weighted by Gasteiger charge is -2.07. The molecule has 1 aliphatic rings. The van der Waals surface area contributed by atoms with Gasteiger partial charge in [0.25, 0.3) is 0 Å². The number of rotatable bonds is 6. The molecule has 114 valence electrons. The quantitative estimate of drug-likeness (QED) is 0.861. The Bertz CT molecular complexity index is 646. The summed E-state index contributed by atoms with van der Waals surface area (Å²) in [5, 5.41) is 7.80. The lowest BCUT2D eigenvalue weighted by molar-refractivity contribution is -0.120. The minimum Gasteiger partial charge on any atom is -0.353 e. The monoisotopic (exact) mass is 314 g/mol. The van der Waals surface area contributed by atoms with E-state index in [2.05, 4.69) is 10.6 Å². The van der Waals surface area contributed by atoms with Gasteiger partial charge < -0.3 is 10.6 Å². The molecule has 0 bridgehead atoms. The molecule has 0 radical (unpaired) electrons. The zero-order valence-electron chi connectivity index (χ0n) is 12.2. The lowest BCUT2D eigenvalue weighted by Crippen LogP contribution is -2.26. The molecule has 1 heterocycles. The van der Waals surface area contributed by atoms with Gasteiger partial charge in [0, 0.05) is 16.6 Å². The van der Waals surface area contributed by atoms with E-state index in [1.165, 1.54) is 0 Å². The summed E-state index contributed by atoms with van der Waals surface area (Å²) in [4.78, 5) is 24.7. The van der Waals surface area contributed by atoms with Crippen molar-refractivity contribution in [2.45, 2.75) is 31.7 Å². The molecule has 1 saturated carbocycles. The first-order chi connectivity index (χ1) is 10.7. The maximum Gasteiger partial charge on any atom is 0.229 e. The van der Waals surface area contributed by atoms with Crippen molar-refractivity contribution >= 4 is 28.8 Å². The molecule has 2 amide bonds. The molecule has 0 aliphatic heterocycles. The molecule has 0 spiro atoms. The zero-order valence-corrected chi connectivity index (χ0v) is 13.0. The number of hydrogen-bond donors (Lipinski definition) is 2. The number of carbonyl (C=O) groups excluding carboxylic acids is 2. The third kappa shape index (κ3) is 4.43. The van der Waals surface area contributed by atoms with E-state index in [1.807, 2.05) is 41.8 Å². The van der Waals surface area contributed by atoms with Gasteiger partial charge in [0.05, 0.1) is 12.8 Å². The van der Waals surface area contributed by atoms with Crippen molar-refractivity contribution in [1.29, 1.82) is 0 Å². The number of anilines is 1. The molecule has 1 aromatic heterocycles. The van der Waals surface area contributed by atoms with E-state index in [1.54, 1.807) is 11.3 Å². The van der Waals surface area contributed by atoms with Crippen molar-refractivity contribution in [1.82, 2.24) is 5.32 Å². The van der Waals surface area contributed by atoms with Gasteiger partial charge >= 0.3 is 0 Å². The fourth-order valence-electron chi connectivity index (χ4n) is 2.17. The van der Waals surface area contributed by atoms with E-state index >= 15 is 0 Å². The Hall–Kier alpha value is -2.14. The molecule has 5 heteroatoms. The third-order valence-corrected chi connectivity index (χ3v) is 4.34. The molecule has 4 nitrogen and oxygen atoms in total. The Balaban J connectivity index is 1.50. The molecule has 1 fully saturated rings. The van der Waals surface area contributed by atoms with Crippen LogP contribution in [0.5, 0.6) is 0 Å². The number of nitrogens with one attached hydrogen (secondary N) is 2. The second-order valence-corrected chi connectivity index (χ2v) is 6.55. The minimum atomic E-state index is -0.0262. The maximum atomic E-state index is 11.9. The standard InChI is InChI=1S/C17H18N2O2S/c20-16(18-14-7-8-14)10-12-3-5-13(6-4-12)19-17(21)11-15-2-1-9-22-15/h1-6,9,14H,7-8,10-11H2,(H,18,20)(H,19,21). The van der Waals surface area contributed by atoms with Gasteiger partial charge in [0.1, 0.15) is 0 Å². The average molecular weight is 314 g/mol. The van der Waals surface area contributed by atoms with E-state index in [0.717, 1.165) is 29.0 Å². The molecule has 0 saturated heterocycles. The van der Waals surface area contributed by atoms with Gasteiger partial charge in [-0.3, -0.25) is 9.59 Å². The Kier molecular flexibility index (Phi) is 4.53. The maximum absolute atomic E-state index is 11.9. The van der Waals surface area contributed by atoms with Gasteiger partial charge in [0.2, 0.25) is 11.8 Å². The molecule has 2 N–H and O–H groups in total. The van der Waals surface area contributed by atoms with Crippen LogP contribution in [0, 0.1) is 0 Å². The number of hydrogen-bond acceptors (Lipinski definition) is 3. The fraction of sp³-hybridized carbons (Fsp3) is 0.294. The van der Waals surface area contributed by atoms with E-state index in [9.17, 15) is 9.59 Å². The molecule has 3 rings (SSSR count). The molecule has 22 heavy (non-hydrogen) atoms. The third-order valence-electron chi connectivity index (χ3n) is 3.46. The Morgan fingerprint density at radius 1 is 1.05 bits per heavy atom. The molecule has 2 aromatic rings. The largest absolute Gasteiger partial charge is 0.353 e. The van der Waals surface area contributed by atoms with E-state index in [4.69, 9.17) is 0 Å². The van der Waals surface area contributed by atoms with E-state index < -0.39 is 0 Å².